The molecule has 1 aliphatic heterocycles. The summed E-state index contributed by atoms with van der Waals surface area (Å²) in [6.07, 6.45) is 2.72. The Morgan fingerprint density at radius 1 is 1.31 bits per heavy atom. The van der Waals surface area contributed by atoms with Gasteiger partial charge in [-0.25, -0.2) is 0 Å². The van der Waals surface area contributed by atoms with E-state index < -0.39 is 0 Å². The maximum atomic E-state index is 5.84. The average molecular weight is 219 g/mol. The number of benzene rings is 1. The van der Waals surface area contributed by atoms with Crippen LogP contribution in [-0.2, 0) is 11.2 Å². The summed E-state index contributed by atoms with van der Waals surface area (Å²) < 4.78 is 5.28. The molecule has 1 aliphatic rings. The van der Waals surface area contributed by atoms with Gasteiger partial charge in [0.2, 0.25) is 0 Å². The fourth-order valence-electron chi connectivity index (χ4n) is 1.69. The fraction of sp³-hybridized carbons (Fsp3) is 0.385. The number of hydroxylamine groups is 2. The second-order valence-corrected chi connectivity index (χ2v) is 3.73. The van der Waals surface area contributed by atoms with Crippen molar-refractivity contribution >= 4 is 0 Å². The smallest absolute Gasteiger partial charge is 0.150 e. The van der Waals surface area contributed by atoms with Gasteiger partial charge in [0.1, 0.15) is 0 Å². The zero-order valence-corrected chi connectivity index (χ0v) is 9.39. The van der Waals surface area contributed by atoms with Crippen LogP contribution in [0.2, 0.25) is 0 Å². The van der Waals surface area contributed by atoms with E-state index in [1.165, 1.54) is 5.56 Å². The van der Waals surface area contributed by atoms with Gasteiger partial charge in [-0.3, -0.25) is 0 Å². The number of ether oxygens (including phenoxy) is 1. The van der Waals surface area contributed by atoms with E-state index in [1.807, 2.05) is 29.3 Å². The molecule has 0 aromatic heterocycles. The molecule has 0 radical (unpaired) electrons. The maximum absolute atomic E-state index is 5.84. The third-order valence-electron chi connectivity index (χ3n) is 2.53. The first-order valence-corrected chi connectivity index (χ1v) is 5.59. The molecular formula is C13H17NO2. The van der Waals surface area contributed by atoms with Gasteiger partial charge in [0, 0.05) is 5.56 Å². The van der Waals surface area contributed by atoms with E-state index in [0.29, 0.717) is 0 Å². The zero-order chi connectivity index (χ0) is 11.2. The van der Waals surface area contributed by atoms with Crippen molar-refractivity contribution in [3.05, 3.63) is 42.5 Å². The summed E-state index contributed by atoms with van der Waals surface area (Å²) >= 11 is 0. The summed E-state index contributed by atoms with van der Waals surface area (Å²) in [5.74, 6) is 0.921. The van der Waals surface area contributed by atoms with Crippen molar-refractivity contribution in [3.8, 4) is 5.75 Å². The largest absolute Gasteiger partial charge is 0.406 e. The Kier molecular flexibility index (Phi) is 3.97. The zero-order valence-electron chi connectivity index (χ0n) is 9.39. The number of rotatable bonds is 4. The van der Waals surface area contributed by atoms with Crippen LogP contribution in [0.25, 0.3) is 0 Å². The number of morpholine rings is 1. The van der Waals surface area contributed by atoms with Gasteiger partial charge in [0.15, 0.2) is 5.75 Å². The highest BCUT2D eigenvalue weighted by molar-refractivity contribution is 5.34. The van der Waals surface area contributed by atoms with Crippen LogP contribution in [0.3, 0.4) is 0 Å². The van der Waals surface area contributed by atoms with E-state index in [4.69, 9.17) is 9.57 Å². The molecule has 1 aromatic carbocycles. The van der Waals surface area contributed by atoms with E-state index >= 15 is 0 Å². The van der Waals surface area contributed by atoms with Crippen molar-refractivity contribution in [2.24, 2.45) is 0 Å². The Bertz CT molecular complexity index is 346. The van der Waals surface area contributed by atoms with Crippen LogP contribution in [0.1, 0.15) is 5.56 Å². The van der Waals surface area contributed by atoms with Gasteiger partial charge in [0.05, 0.1) is 26.3 Å². The van der Waals surface area contributed by atoms with Crippen molar-refractivity contribution in [2.45, 2.75) is 6.42 Å². The molecule has 2 rings (SSSR count). The number of hydrogen-bond acceptors (Lipinski definition) is 3. The Labute approximate surface area is 96.2 Å². The molecule has 0 atom stereocenters. The minimum Gasteiger partial charge on any atom is -0.406 e. The molecule has 1 saturated heterocycles. The monoisotopic (exact) mass is 219 g/mol. The quantitative estimate of drug-likeness (QED) is 0.723. The number of allylic oxidation sites excluding steroid dienone is 1. The molecule has 16 heavy (non-hydrogen) atoms. The molecule has 1 fully saturated rings. The molecular weight excluding hydrogens is 202 g/mol. The SMILES string of the molecule is C=CCc1ccccc1ON1CCOCC1. The topological polar surface area (TPSA) is 21.7 Å². The number of nitrogens with zero attached hydrogens (tertiary/aromatic N) is 1. The second-order valence-electron chi connectivity index (χ2n) is 3.73. The van der Waals surface area contributed by atoms with Gasteiger partial charge in [-0.1, -0.05) is 24.3 Å². The molecule has 1 aromatic rings. The second kappa shape index (κ2) is 5.68. The predicted molar refractivity (Wildman–Crippen MR) is 63.4 cm³/mol. The lowest BCUT2D eigenvalue weighted by atomic mass is 10.1. The van der Waals surface area contributed by atoms with Gasteiger partial charge in [0.25, 0.3) is 0 Å². The lowest BCUT2D eigenvalue weighted by Crippen LogP contribution is -2.38. The summed E-state index contributed by atoms with van der Waals surface area (Å²) in [4.78, 5) is 5.84. The summed E-state index contributed by atoms with van der Waals surface area (Å²) in [6.45, 7) is 6.88. The van der Waals surface area contributed by atoms with Crippen LogP contribution in [0.4, 0.5) is 0 Å². The van der Waals surface area contributed by atoms with E-state index in [2.05, 4.69) is 12.6 Å². The minimum atomic E-state index is 0.740. The Balaban J connectivity index is 2.04. The molecule has 0 unspecified atom stereocenters. The minimum absolute atomic E-state index is 0.740. The van der Waals surface area contributed by atoms with Gasteiger partial charge < -0.3 is 9.57 Å². The van der Waals surface area contributed by atoms with Crippen LogP contribution in [0, 0.1) is 0 Å². The molecule has 0 aliphatic carbocycles. The third kappa shape index (κ3) is 2.84. The lowest BCUT2D eigenvalue weighted by Gasteiger charge is -2.27. The first-order valence-electron chi connectivity index (χ1n) is 5.59. The summed E-state index contributed by atoms with van der Waals surface area (Å²) in [5.41, 5.74) is 1.17. The number of para-hydroxylation sites is 1. The molecule has 86 valence electrons. The Hall–Kier alpha value is -1.32. The Morgan fingerprint density at radius 2 is 2.06 bits per heavy atom. The van der Waals surface area contributed by atoms with Crippen molar-refractivity contribution in [2.75, 3.05) is 26.3 Å². The van der Waals surface area contributed by atoms with Gasteiger partial charge in [-0.15, -0.1) is 11.6 Å². The van der Waals surface area contributed by atoms with Gasteiger partial charge >= 0.3 is 0 Å². The average Bonchev–Trinajstić information content (AvgIpc) is 2.33. The molecule has 0 amide bonds. The molecule has 0 bridgehead atoms. The Morgan fingerprint density at radius 3 is 2.81 bits per heavy atom. The molecule has 3 nitrogen and oxygen atoms in total. The van der Waals surface area contributed by atoms with E-state index in [-0.39, 0.29) is 0 Å². The summed E-state index contributed by atoms with van der Waals surface area (Å²) in [6, 6.07) is 8.07. The van der Waals surface area contributed by atoms with Crippen molar-refractivity contribution in [1.82, 2.24) is 5.06 Å². The van der Waals surface area contributed by atoms with Crippen LogP contribution in [0.15, 0.2) is 36.9 Å². The van der Waals surface area contributed by atoms with E-state index in [0.717, 1.165) is 38.5 Å². The number of hydrogen-bond donors (Lipinski definition) is 0. The van der Waals surface area contributed by atoms with Crippen LogP contribution < -0.4 is 4.84 Å². The third-order valence-corrected chi connectivity index (χ3v) is 2.53. The van der Waals surface area contributed by atoms with Crippen molar-refractivity contribution in [1.29, 1.82) is 0 Å². The van der Waals surface area contributed by atoms with Crippen molar-refractivity contribution < 1.29 is 9.57 Å². The molecule has 3 heteroatoms. The highest BCUT2D eigenvalue weighted by atomic mass is 16.7. The first kappa shape index (κ1) is 11.2. The molecule has 0 saturated carbocycles. The predicted octanol–water partition coefficient (Wildman–Crippen LogP) is 2.04. The normalized spacial score (nSPS) is 17.0. The maximum Gasteiger partial charge on any atom is 0.150 e. The summed E-state index contributed by atoms with van der Waals surface area (Å²) in [7, 11) is 0. The van der Waals surface area contributed by atoms with E-state index in [1.54, 1.807) is 0 Å². The van der Waals surface area contributed by atoms with Crippen LogP contribution in [-0.4, -0.2) is 31.4 Å². The van der Waals surface area contributed by atoms with E-state index in [9.17, 15) is 0 Å². The van der Waals surface area contributed by atoms with Crippen LogP contribution in [0.5, 0.6) is 5.75 Å². The van der Waals surface area contributed by atoms with Gasteiger partial charge in [-0.05, 0) is 12.5 Å². The molecule has 0 spiro atoms. The highest BCUT2D eigenvalue weighted by Crippen LogP contribution is 2.20. The van der Waals surface area contributed by atoms with Crippen molar-refractivity contribution in [3.63, 3.8) is 0 Å². The van der Waals surface area contributed by atoms with Gasteiger partial charge in [-0.2, -0.15) is 0 Å². The first-order chi connectivity index (χ1) is 7.90. The highest BCUT2D eigenvalue weighted by Gasteiger charge is 2.13. The molecule has 0 N–H and O–H groups in total. The summed E-state index contributed by atoms with van der Waals surface area (Å²) in [5, 5.41) is 1.95. The fourth-order valence-corrected chi connectivity index (χ4v) is 1.69. The standard InChI is InChI=1S/C13H17NO2/c1-2-5-12-6-3-4-7-13(12)16-14-8-10-15-11-9-14/h2-4,6-7H,1,5,8-11H2. The lowest BCUT2D eigenvalue weighted by molar-refractivity contribution is -0.118. The van der Waals surface area contributed by atoms with Crippen LogP contribution >= 0.6 is 0 Å². The molecule has 1 heterocycles.